The van der Waals surface area contributed by atoms with Crippen LogP contribution in [-0.4, -0.2) is 10.1 Å². The molecule has 0 aliphatic rings. The van der Waals surface area contributed by atoms with Crippen molar-refractivity contribution in [2.24, 2.45) is 0 Å². The van der Waals surface area contributed by atoms with Gasteiger partial charge in [0.05, 0.1) is 5.69 Å². The normalized spacial score (nSPS) is 10.4. The number of rotatable bonds is 2. The number of hydrogen-bond donors (Lipinski definition) is 1. The zero-order chi connectivity index (χ0) is 13.9. The van der Waals surface area contributed by atoms with Gasteiger partial charge in [0.2, 0.25) is 0 Å². The van der Waals surface area contributed by atoms with Crippen molar-refractivity contribution in [2.75, 3.05) is 0 Å². The number of nitrogens with zero attached hydrogens (tertiary/aromatic N) is 1. The molecule has 1 aromatic heterocycles. The first-order chi connectivity index (χ1) is 9.75. The third kappa shape index (κ3) is 2.28. The Morgan fingerprint density at radius 2 is 1.50 bits per heavy atom. The van der Waals surface area contributed by atoms with Gasteiger partial charge in [-0.25, -0.2) is 4.98 Å². The number of aromatic hydroxyl groups is 1. The van der Waals surface area contributed by atoms with Crippen LogP contribution in [0, 0.1) is 6.92 Å². The van der Waals surface area contributed by atoms with E-state index >= 15 is 0 Å². The van der Waals surface area contributed by atoms with Gasteiger partial charge in [-0.2, -0.15) is 0 Å². The molecule has 0 bridgehead atoms. The van der Waals surface area contributed by atoms with Crippen molar-refractivity contribution in [3.63, 3.8) is 0 Å². The predicted octanol–water partition coefficient (Wildman–Crippen LogP) is 4.43. The van der Waals surface area contributed by atoms with E-state index in [1.165, 1.54) is 5.56 Å². The van der Waals surface area contributed by atoms with E-state index in [1.54, 1.807) is 6.07 Å². The Morgan fingerprint density at radius 3 is 2.25 bits per heavy atom. The Balaban J connectivity index is 2.15. The van der Waals surface area contributed by atoms with Gasteiger partial charge < -0.3 is 5.11 Å². The van der Waals surface area contributed by atoms with Crippen molar-refractivity contribution in [1.82, 2.24) is 4.98 Å². The molecule has 98 valence electrons. The van der Waals surface area contributed by atoms with Crippen LogP contribution in [0.2, 0.25) is 0 Å². The van der Waals surface area contributed by atoms with Crippen molar-refractivity contribution in [3.8, 4) is 28.3 Å². The molecule has 20 heavy (non-hydrogen) atoms. The highest BCUT2D eigenvalue weighted by atomic mass is 16.3. The summed E-state index contributed by atoms with van der Waals surface area (Å²) in [5.74, 6) is 0.202. The van der Waals surface area contributed by atoms with E-state index in [2.05, 4.69) is 18.0 Å². The summed E-state index contributed by atoms with van der Waals surface area (Å²) in [7, 11) is 0. The Morgan fingerprint density at radius 1 is 0.800 bits per heavy atom. The fraction of sp³-hybridized carbons (Fsp3) is 0.0556. The van der Waals surface area contributed by atoms with Crippen LogP contribution in [0.15, 0.2) is 66.7 Å². The molecule has 0 unspecified atom stereocenters. The Hall–Kier alpha value is -2.61. The lowest BCUT2D eigenvalue weighted by Gasteiger charge is -2.09. The molecule has 0 aliphatic carbocycles. The molecule has 0 radical (unpaired) electrons. The van der Waals surface area contributed by atoms with Crippen LogP contribution in [0.25, 0.3) is 22.5 Å². The van der Waals surface area contributed by atoms with Gasteiger partial charge in [-0.05, 0) is 24.6 Å². The van der Waals surface area contributed by atoms with Crippen LogP contribution in [0.4, 0.5) is 0 Å². The van der Waals surface area contributed by atoms with E-state index in [0.717, 1.165) is 16.8 Å². The Kier molecular flexibility index (Phi) is 3.21. The van der Waals surface area contributed by atoms with E-state index < -0.39 is 0 Å². The lowest BCUT2D eigenvalue weighted by atomic mass is 10.0. The molecular formula is C18H15NO. The van der Waals surface area contributed by atoms with Gasteiger partial charge in [0, 0.05) is 11.1 Å². The highest BCUT2D eigenvalue weighted by molar-refractivity contribution is 5.72. The summed E-state index contributed by atoms with van der Waals surface area (Å²) in [5, 5.41) is 10.0. The summed E-state index contributed by atoms with van der Waals surface area (Å²) >= 11 is 0. The van der Waals surface area contributed by atoms with Gasteiger partial charge in [-0.15, -0.1) is 0 Å². The van der Waals surface area contributed by atoms with E-state index in [1.807, 2.05) is 54.6 Å². The molecule has 0 amide bonds. The third-order valence-electron chi connectivity index (χ3n) is 3.34. The van der Waals surface area contributed by atoms with Crippen molar-refractivity contribution in [2.45, 2.75) is 6.92 Å². The van der Waals surface area contributed by atoms with Crippen molar-refractivity contribution in [3.05, 3.63) is 72.3 Å². The lowest BCUT2D eigenvalue weighted by Crippen LogP contribution is -1.90. The number of aryl methyl sites for hydroxylation is 1. The van der Waals surface area contributed by atoms with Crippen LogP contribution in [0.1, 0.15) is 5.56 Å². The Bertz CT molecular complexity index is 735. The van der Waals surface area contributed by atoms with Crippen molar-refractivity contribution in [1.29, 1.82) is 0 Å². The SMILES string of the molecule is Cc1ccccc1-c1ccc(O)c(-c2ccccc2)n1. The number of aromatic nitrogens is 1. The highest BCUT2D eigenvalue weighted by Crippen LogP contribution is 2.30. The molecule has 3 aromatic rings. The highest BCUT2D eigenvalue weighted by Gasteiger charge is 2.09. The van der Waals surface area contributed by atoms with Crippen molar-refractivity contribution >= 4 is 0 Å². The molecule has 0 saturated carbocycles. The second-order valence-corrected chi connectivity index (χ2v) is 4.75. The summed E-state index contributed by atoms with van der Waals surface area (Å²) in [5.41, 5.74) is 4.67. The molecule has 0 atom stereocenters. The fourth-order valence-electron chi connectivity index (χ4n) is 2.27. The molecule has 3 rings (SSSR count). The Labute approximate surface area is 118 Å². The standard InChI is InChI=1S/C18H15NO/c1-13-7-5-6-10-15(13)16-11-12-17(20)18(19-16)14-8-3-2-4-9-14/h2-12,20H,1H3. The van der Waals surface area contributed by atoms with Crippen LogP contribution < -0.4 is 0 Å². The number of benzene rings is 2. The molecule has 2 aromatic carbocycles. The monoisotopic (exact) mass is 261 g/mol. The third-order valence-corrected chi connectivity index (χ3v) is 3.34. The number of hydrogen-bond acceptors (Lipinski definition) is 2. The van der Waals surface area contributed by atoms with Gasteiger partial charge in [-0.3, -0.25) is 0 Å². The summed E-state index contributed by atoms with van der Waals surface area (Å²) in [6.07, 6.45) is 0. The number of pyridine rings is 1. The predicted molar refractivity (Wildman–Crippen MR) is 81.5 cm³/mol. The molecule has 0 saturated heterocycles. The zero-order valence-corrected chi connectivity index (χ0v) is 11.2. The first-order valence-corrected chi connectivity index (χ1v) is 6.57. The largest absolute Gasteiger partial charge is 0.506 e. The molecule has 0 fully saturated rings. The van der Waals surface area contributed by atoms with Crippen LogP contribution in [0.5, 0.6) is 5.75 Å². The van der Waals surface area contributed by atoms with Gasteiger partial charge in [0.1, 0.15) is 11.4 Å². The summed E-state index contributed by atoms with van der Waals surface area (Å²) in [6.45, 7) is 2.06. The molecule has 0 aliphatic heterocycles. The summed E-state index contributed by atoms with van der Waals surface area (Å²) in [4.78, 5) is 4.62. The minimum atomic E-state index is 0.202. The lowest BCUT2D eigenvalue weighted by molar-refractivity contribution is 0.475. The molecular weight excluding hydrogens is 246 g/mol. The molecule has 1 N–H and O–H groups in total. The smallest absolute Gasteiger partial charge is 0.141 e. The summed E-state index contributed by atoms with van der Waals surface area (Å²) in [6, 6.07) is 21.4. The van der Waals surface area contributed by atoms with E-state index in [0.29, 0.717) is 5.69 Å². The van der Waals surface area contributed by atoms with Crippen LogP contribution in [0.3, 0.4) is 0 Å². The quantitative estimate of drug-likeness (QED) is 0.740. The average Bonchev–Trinajstić information content (AvgIpc) is 2.49. The maximum absolute atomic E-state index is 10.0. The second kappa shape index (κ2) is 5.17. The van der Waals surface area contributed by atoms with Gasteiger partial charge >= 0.3 is 0 Å². The van der Waals surface area contributed by atoms with Crippen LogP contribution in [-0.2, 0) is 0 Å². The minimum Gasteiger partial charge on any atom is -0.506 e. The first-order valence-electron chi connectivity index (χ1n) is 6.57. The molecule has 1 heterocycles. The van der Waals surface area contributed by atoms with Crippen molar-refractivity contribution < 1.29 is 5.11 Å². The average molecular weight is 261 g/mol. The topological polar surface area (TPSA) is 33.1 Å². The van der Waals surface area contributed by atoms with Gasteiger partial charge in [-0.1, -0.05) is 54.6 Å². The fourth-order valence-corrected chi connectivity index (χ4v) is 2.27. The van der Waals surface area contributed by atoms with E-state index in [4.69, 9.17) is 0 Å². The maximum atomic E-state index is 10.0. The first kappa shape index (κ1) is 12.4. The maximum Gasteiger partial charge on any atom is 0.141 e. The molecule has 2 heteroatoms. The summed E-state index contributed by atoms with van der Waals surface area (Å²) < 4.78 is 0. The van der Waals surface area contributed by atoms with E-state index in [-0.39, 0.29) is 5.75 Å². The minimum absolute atomic E-state index is 0.202. The zero-order valence-electron chi connectivity index (χ0n) is 11.2. The molecule has 2 nitrogen and oxygen atoms in total. The van der Waals surface area contributed by atoms with E-state index in [9.17, 15) is 5.11 Å². The van der Waals surface area contributed by atoms with Gasteiger partial charge in [0.15, 0.2) is 0 Å². The van der Waals surface area contributed by atoms with Gasteiger partial charge in [0.25, 0.3) is 0 Å². The molecule has 0 spiro atoms. The second-order valence-electron chi connectivity index (χ2n) is 4.75. The van der Waals surface area contributed by atoms with Crippen LogP contribution >= 0.6 is 0 Å².